The molecule has 1 heterocycles. The molecule has 0 saturated heterocycles. The highest BCUT2D eigenvalue weighted by atomic mass is 16.5. The third kappa shape index (κ3) is 3.86. The van der Waals surface area contributed by atoms with E-state index in [0.29, 0.717) is 17.2 Å². The number of rotatable bonds is 4. The molecule has 0 spiro atoms. The fourth-order valence-corrected chi connectivity index (χ4v) is 1.65. The van der Waals surface area contributed by atoms with E-state index in [2.05, 4.69) is 5.32 Å². The number of hydroxylamine groups is 2. The van der Waals surface area contributed by atoms with Gasteiger partial charge in [0.05, 0.1) is 6.54 Å². The van der Waals surface area contributed by atoms with Gasteiger partial charge in [-0.25, -0.2) is 9.86 Å². The Morgan fingerprint density at radius 2 is 2.00 bits per heavy atom. The number of amides is 2. The first kappa shape index (κ1) is 13.2. The van der Waals surface area contributed by atoms with Gasteiger partial charge < -0.3 is 9.73 Å². The maximum Gasteiger partial charge on any atom is 0.345 e. The normalized spacial score (nSPS) is 10.2. The van der Waals surface area contributed by atoms with Crippen LogP contribution < -0.4 is 5.32 Å². The van der Waals surface area contributed by atoms with Crippen LogP contribution in [0.4, 0.5) is 10.5 Å². The molecule has 0 aliphatic carbocycles. The predicted octanol–water partition coefficient (Wildman–Crippen LogP) is 3.05. The Hall–Kier alpha value is -2.27. The molecule has 0 aliphatic rings. The zero-order chi connectivity index (χ0) is 13.7. The maximum atomic E-state index is 11.7. The molecule has 0 aliphatic heterocycles. The van der Waals surface area contributed by atoms with E-state index in [9.17, 15) is 10.0 Å². The van der Waals surface area contributed by atoms with Gasteiger partial charge in [-0.15, -0.1) is 0 Å². The summed E-state index contributed by atoms with van der Waals surface area (Å²) in [6.45, 7) is 2.02. The molecular weight excluding hydrogens is 244 g/mol. The fraction of sp³-hybridized carbons (Fsp3) is 0.214. The van der Waals surface area contributed by atoms with Crippen LogP contribution in [0, 0.1) is 6.92 Å². The van der Waals surface area contributed by atoms with E-state index in [1.54, 1.807) is 12.1 Å². The molecule has 1 aromatic carbocycles. The molecular formula is C14H16N2O3. The first-order valence-corrected chi connectivity index (χ1v) is 6.03. The molecule has 5 heteroatoms. The lowest BCUT2D eigenvalue weighted by molar-refractivity contribution is -0.0369. The molecule has 0 atom stereocenters. The fourth-order valence-electron chi connectivity index (χ4n) is 1.65. The number of carbonyl (C=O) groups is 1. The van der Waals surface area contributed by atoms with E-state index in [1.165, 1.54) is 0 Å². The summed E-state index contributed by atoms with van der Waals surface area (Å²) in [6.07, 6.45) is 0.465. The van der Waals surface area contributed by atoms with Crippen molar-refractivity contribution in [2.24, 2.45) is 0 Å². The van der Waals surface area contributed by atoms with Gasteiger partial charge in [-0.2, -0.15) is 0 Å². The number of nitrogens with one attached hydrogen (secondary N) is 1. The molecule has 2 amide bonds. The molecule has 2 N–H and O–H groups in total. The lowest BCUT2D eigenvalue weighted by atomic mass is 10.3. The van der Waals surface area contributed by atoms with E-state index in [1.807, 2.05) is 37.3 Å². The van der Waals surface area contributed by atoms with Gasteiger partial charge in [0.1, 0.15) is 11.5 Å². The zero-order valence-electron chi connectivity index (χ0n) is 10.7. The van der Waals surface area contributed by atoms with Gasteiger partial charge >= 0.3 is 6.03 Å². The number of carbonyl (C=O) groups excluding carboxylic acids is 1. The second-order valence-electron chi connectivity index (χ2n) is 4.18. The Balaban J connectivity index is 1.82. The van der Waals surface area contributed by atoms with Crippen LogP contribution in [-0.2, 0) is 6.42 Å². The lowest BCUT2D eigenvalue weighted by Crippen LogP contribution is -2.33. The molecule has 0 unspecified atom stereocenters. The van der Waals surface area contributed by atoms with Gasteiger partial charge in [-0.1, -0.05) is 18.2 Å². The van der Waals surface area contributed by atoms with Crippen molar-refractivity contribution >= 4 is 11.7 Å². The van der Waals surface area contributed by atoms with Gasteiger partial charge in [-0.05, 0) is 31.2 Å². The number of furan rings is 1. The van der Waals surface area contributed by atoms with Crippen LogP contribution in [0.15, 0.2) is 46.9 Å². The number of benzene rings is 1. The number of para-hydroxylation sites is 1. The van der Waals surface area contributed by atoms with E-state index >= 15 is 0 Å². The van der Waals surface area contributed by atoms with Gasteiger partial charge in [-0.3, -0.25) is 5.21 Å². The lowest BCUT2D eigenvalue weighted by Gasteiger charge is -2.15. The Kier molecular flexibility index (Phi) is 4.20. The standard InChI is InChI=1S/C14H16N2O3/c1-11-7-8-13(19-11)9-10-16(18)14(17)15-12-5-3-2-4-6-12/h2-8,18H,9-10H2,1H3,(H,15,17). The molecule has 5 nitrogen and oxygen atoms in total. The van der Waals surface area contributed by atoms with Crippen molar-refractivity contribution < 1.29 is 14.4 Å². The summed E-state index contributed by atoms with van der Waals surface area (Å²) in [7, 11) is 0. The average Bonchev–Trinajstić information content (AvgIpc) is 2.83. The smallest absolute Gasteiger partial charge is 0.345 e. The largest absolute Gasteiger partial charge is 0.466 e. The second-order valence-corrected chi connectivity index (χ2v) is 4.18. The molecule has 100 valence electrons. The molecule has 19 heavy (non-hydrogen) atoms. The quantitative estimate of drug-likeness (QED) is 0.656. The summed E-state index contributed by atoms with van der Waals surface area (Å²) in [5.74, 6) is 1.55. The molecule has 0 bridgehead atoms. The summed E-state index contributed by atoms with van der Waals surface area (Å²) in [6, 6.07) is 12.1. The minimum Gasteiger partial charge on any atom is -0.466 e. The van der Waals surface area contributed by atoms with Crippen LogP contribution >= 0.6 is 0 Å². The first-order valence-electron chi connectivity index (χ1n) is 6.03. The van der Waals surface area contributed by atoms with Crippen molar-refractivity contribution in [2.75, 3.05) is 11.9 Å². The summed E-state index contributed by atoms with van der Waals surface area (Å²) in [5, 5.41) is 12.9. The Bertz CT molecular complexity index is 537. The van der Waals surface area contributed by atoms with Crippen LogP contribution in [0.3, 0.4) is 0 Å². The molecule has 1 aromatic heterocycles. The third-order valence-electron chi connectivity index (χ3n) is 2.63. The van der Waals surface area contributed by atoms with Crippen molar-refractivity contribution in [1.29, 1.82) is 0 Å². The molecule has 0 radical (unpaired) electrons. The number of hydrogen-bond donors (Lipinski definition) is 2. The van der Waals surface area contributed by atoms with Crippen molar-refractivity contribution in [3.05, 3.63) is 54.0 Å². The Morgan fingerprint density at radius 3 is 2.63 bits per heavy atom. The molecule has 2 aromatic rings. The van der Waals surface area contributed by atoms with Crippen molar-refractivity contribution in [1.82, 2.24) is 5.06 Å². The third-order valence-corrected chi connectivity index (χ3v) is 2.63. The SMILES string of the molecule is Cc1ccc(CCN(O)C(=O)Nc2ccccc2)o1. The van der Waals surface area contributed by atoms with Crippen LogP contribution in [-0.4, -0.2) is 22.8 Å². The Labute approximate surface area is 111 Å². The van der Waals surface area contributed by atoms with E-state index in [0.717, 1.165) is 11.5 Å². The van der Waals surface area contributed by atoms with Gasteiger partial charge in [0.2, 0.25) is 0 Å². The highest BCUT2D eigenvalue weighted by Gasteiger charge is 2.11. The average molecular weight is 260 g/mol. The van der Waals surface area contributed by atoms with Gasteiger partial charge in [0, 0.05) is 12.1 Å². The van der Waals surface area contributed by atoms with E-state index in [-0.39, 0.29) is 6.54 Å². The maximum absolute atomic E-state index is 11.7. The topological polar surface area (TPSA) is 65.7 Å². The molecule has 2 rings (SSSR count). The van der Waals surface area contributed by atoms with Crippen LogP contribution in [0.2, 0.25) is 0 Å². The summed E-state index contributed by atoms with van der Waals surface area (Å²) in [4.78, 5) is 11.7. The van der Waals surface area contributed by atoms with Crippen molar-refractivity contribution in [3.63, 3.8) is 0 Å². The number of nitrogens with zero attached hydrogens (tertiary/aromatic N) is 1. The van der Waals surface area contributed by atoms with Crippen molar-refractivity contribution in [3.8, 4) is 0 Å². The van der Waals surface area contributed by atoms with Gasteiger partial charge in [0.25, 0.3) is 0 Å². The minimum atomic E-state index is -0.561. The van der Waals surface area contributed by atoms with Crippen molar-refractivity contribution in [2.45, 2.75) is 13.3 Å². The summed E-state index contributed by atoms with van der Waals surface area (Å²) in [5.41, 5.74) is 0.639. The number of aryl methyl sites for hydroxylation is 1. The van der Waals surface area contributed by atoms with Crippen LogP contribution in [0.1, 0.15) is 11.5 Å². The highest BCUT2D eigenvalue weighted by Crippen LogP contribution is 2.09. The molecule has 0 fully saturated rings. The number of urea groups is 1. The first-order chi connectivity index (χ1) is 9.15. The monoisotopic (exact) mass is 260 g/mol. The van der Waals surface area contributed by atoms with Gasteiger partial charge in [0.15, 0.2) is 0 Å². The van der Waals surface area contributed by atoms with Crippen LogP contribution in [0.25, 0.3) is 0 Å². The molecule has 0 saturated carbocycles. The van der Waals surface area contributed by atoms with Crippen LogP contribution in [0.5, 0.6) is 0 Å². The number of anilines is 1. The number of hydrogen-bond acceptors (Lipinski definition) is 3. The predicted molar refractivity (Wildman–Crippen MR) is 71.1 cm³/mol. The highest BCUT2D eigenvalue weighted by molar-refractivity contribution is 5.88. The minimum absolute atomic E-state index is 0.172. The van der Waals surface area contributed by atoms with E-state index < -0.39 is 6.03 Å². The van der Waals surface area contributed by atoms with E-state index in [4.69, 9.17) is 4.42 Å². The Morgan fingerprint density at radius 1 is 1.26 bits per heavy atom. The second kappa shape index (κ2) is 6.06. The zero-order valence-corrected chi connectivity index (χ0v) is 10.7. The summed E-state index contributed by atoms with van der Waals surface area (Å²) >= 11 is 0. The summed E-state index contributed by atoms with van der Waals surface area (Å²) < 4.78 is 5.36.